The van der Waals surface area contributed by atoms with E-state index in [4.69, 9.17) is 18.9 Å². The summed E-state index contributed by atoms with van der Waals surface area (Å²) in [6.07, 6.45) is 75.9. The van der Waals surface area contributed by atoms with Gasteiger partial charge < -0.3 is 28.5 Å². The molecule has 0 aliphatic carbocycles. The zero-order valence-electron chi connectivity index (χ0n) is 48.4. The highest BCUT2D eigenvalue weighted by atomic mass is 16.7. The van der Waals surface area contributed by atoms with Crippen molar-refractivity contribution in [2.75, 3.05) is 47.5 Å². The summed E-state index contributed by atoms with van der Waals surface area (Å²) in [7, 11) is 5.94. The van der Waals surface area contributed by atoms with Gasteiger partial charge in [0.05, 0.1) is 34.4 Å². The number of nitrogens with zero attached hydrogens (tertiary/aromatic N) is 1. The third-order valence-electron chi connectivity index (χ3n) is 12.2. The maximum atomic E-state index is 12.9. The number of carbonyl (C=O) groups excluding carboxylic acids is 2. The Kier molecular flexibility index (Phi) is 52.7. The monoisotopic (exact) mass is 1040 g/mol. The van der Waals surface area contributed by atoms with Crippen molar-refractivity contribution in [2.24, 2.45) is 0 Å². The van der Waals surface area contributed by atoms with Crippen LogP contribution in [0.25, 0.3) is 0 Å². The zero-order chi connectivity index (χ0) is 54.8. The van der Waals surface area contributed by atoms with Crippen LogP contribution in [0.2, 0.25) is 0 Å². The first-order chi connectivity index (χ1) is 36.6. The average molecular weight is 1050 g/mol. The number of unbranched alkanes of at least 4 members (excludes halogenated alkanes) is 18. The molecule has 1 N–H and O–H groups in total. The highest BCUT2D eigenvalue weighted by molar-refractivity contribution is 5.71. The van der Waals surface area contributed by atoms with Crippen molar-refractivity contribution in [3.8, 4) is 0 Å². The molecule has 0 saturated carbocycles. The lowest BCUT2D eigenvalue weighted by molar-refractivity contribution is -0.870. The average Bonchev–Trinajstić information content (AvgIpc) is 3.38. The van der Waals surface area contributed by atoms with Gasteiger partial charge in [-0.3, -0.25) is 9.59 Å². The van der Waals surface area contributed by atoms with Crippen LogP contribution in [0.4, 0.5) is 0 Å². The van der Waals surface area contributed by atoms with E-state index in [0.29, 0.717) is 23.9 Å². The molecule has 75 heavy (non-hydrogen) atoms. The first-order valence-electron chi connectivity index (χ1n) is 29.7. The number of quaternary nitrogens is 1. The van der Waals surface area contributed by atoms with Crippen LogP contribution in [0.5, 0.6) is 0 Å². The van der Waals surface area contributed by atoms with E-state index in [1.807, 2.05) is 21.1 Å². The highest BCUT2D eigenvalue weighted by Crippen LogP contribution is 2.16. The fourth-order valence-electron chi connectivity index (χ4n) is 7.72. The molecule has 0 aliphatic heterocycles. The van der Waals surface area contributed by atoms with Crippen molar-refractivity contribution in [3.63, 3.8) is 0 Å². The summed E-state index contributed by atoms with van der Waals surface area (Å²) in [4.78, 5) is 37.4. The van der Waals surface area contributed by atoms with Crippen molar-refractivity contribution in [1.82, 2.24) is 0 Å². The summed E-state index contributed by atoms with van der Waals surface area (Å²) in [5.41, 5.74) is 0. The standard InChI is InChI=1S/C66H109NO8/c1-6-8-10-12-14-16-18-20-22-24-25-26-27-28-29-30-31-32-33-34-35-36-37-38-39-41-43-45-47-49-51-53-55-57-64(69)75-62(61-74-66(65(70)71)72-59-58-67(3,4)5)60-73-63(68)56-54-52-50-48-46-44-42-40-23-21-19-17-15-13-11-9-7-2/h8-11,14-17,20-23,25-26,28-29,42,44,48,50,62,66H,6-7,12-13,18-19,24,27,30-41,43,45-47,49,51-61H2,1-5H3/p+1/b10-8-,11-9-,16-14-,17-15-,22-20-,23-21-,26-25-,29-28-,44-42-,50-48-. The third kappa shape index (κ3) is 57.2. The topological polar surface area (TPSA) is 108 Å². The molecule has 0 heterocycles. The molecule has 9 nitrogen and oxygen atoms in total. The molecule has 0 fully saturated rings. The number of carboxylic acids is 1. The minimum Gasteiger partial charge on any atom is -0.477 e. The van der Waals surface area contributed by atoms with E-state index < -0.39 is 30.3 Å². The Morgan fingerprint density at radius 1 is 0.400 bits per heavy atom. The number of likely N-dealkylation sites (N-methyl/N-ethyl adjacent to an activating group) is 1. The Balaban J connectivity index is 4.20. The van der Waals surface area contributed by atoms with Crippen LogP contribution in [0.1, 0.15) is 219 Å². The lowest BCUT2D eigenvalue weighted by Gasteiger charge is -2.25. The predicted molar refractivity (Wildman–Crippen MR) is 318 cm³/mol. The number of allylic oxidation sites excluding steroid dienone is 20. The lowest BCUT2D eigenvalue weighted by atomic mass is 10.0. The molecule has 0 aromatic heterocycles. The van der Waals surface area contributed by atoms with Crippen LogP contribution < -0.4 is 0 Å². The van der Waals surface area contributed by atoms with Gasteiger partial charge in [0.2, 0.25) is 0 Å². The fourth-order valence-corrected chi connectivity index (χ4v) is 7.72. The molecule has 2 atom stereocenters. The minimum absolute atomic E-state index is 0.174. The quantitative estimate of drug-likeness (QED) is 0.0211. The first kappa shape index (κ1) is 70.7. The summed E-state index contributed by atoms with van der Waals surface area (Å²) in [6, 6.07) is 0. The Hall–Kier alpha value is -4.31. The van der Waals surface area contributed by atoms with Crippen molar-refractivity contribution in [2.45, 2.75) is 232 Å². The molecule has 0 radical (unpaired) electrons. The number of carboxylic acid groups (broad SMARTS) is 1. The van der Waals surface area contributed by atoms with Crippen LogP contribution in [0, 0.1) is 0 Å². The molecule has 0 amide bonds. The summed E-state index contributed by atoms with van der Waals surface area (Å²) < 4.78 is 22.8. The SMILES string of the molecule is CC/C=C\C/C=C\C/C=C\C/C=C\C/C=C\CCCCCCCCCCCCCCCCCCCC(=O)OC(COC(=O)CCC/C=C\C/C=C\C/C=C\C/C=C\C/C=C\CC)COC(OCC[N+](C)(C)C)C(=O)O. The van der Waals surface area contributed by atoms with Gasteiger partial charge in [0.25, 0.3) is 6.29 Å². The van der Waals surface area contributed by atoms with Crippen molar-refractivity contribution >= 4 is 17.9 Å². The van der Waals surface area contributed by atoms with Gasteiger partial charge in [-0.15, -0.1) is 0 Å². The van der Waals surface area contributed by atoms with E-state index in [2.05, 4.69) is 135 Å². The van der Waals surface area contributed by atoms with Crippen molar-refractivity contribution in [1.29, 1.82) is 0 Å². The summed E-state index contributed by atoms with van der Waals surface area (Å²) in [6.45, 7) is 4.57. The second kappa shape index (κ2) is 55.9. The summed E-state index contributed by atoms with van der Waals surface area (Å²) in [5.74, 6) is -2.09. The van der Waals surface area contributed by atoms with Gasteiger partial charge >= 0.3 is 17.9 Å². The number of carbonyl (C=O) groups is 3. The molecular weight excluding hydrogens is 935 g/mol. The number of ether oxygens (including phenoxy) is 4. The summed E-state index contributed by atoms with van der Waals surface area (Å²) >= 11 is 0. The zero-order valence-corrected chi connectivity index (χ0v) is 48.4. The van der Waals surface area contributed by atoms with Crippen molar-refractivity contribution < 1.29 is 42.9 Å². The maximum Gasteiger partial charge on any atom is 0.361 e. The molecule has 426 valence electrons. The van der Waals surface area contributed by atoms with Gasteiger partial charge in [-0.05, 0) is 96.3 Å². The first-order valence-corrected chi connectivity index (χ1v) is 29.7. The van der Waals surface area contributed by atoms with Gasteiger partial charge in [-0.2, -0.15) is 0 Å². The molecule has 9 heteroatoms. The van der Waals surface area contributed by atoms with Crippen LogP contribution in [-0.2, 0) is 33.3 Å². The smallest absolute Gasteiger partial charge is 0.361 e. The largest absolute Gasteiger partial charge is 0.477 e. The second-order valence-corrected chi connectivity index (χ2v) is 20.5. The van der Waals surface area contributed by atoms with E-state index in [1.54, 1.807) is 0 Å². The molecule has 2 unspecified atom stereocenters. The predicted octanol–water partition coefficient (Wildman–Crippen LogP) is 17.7. The summed E-state index contributed by atoms with van der Waals surface area (Å²) in [5, 5.41) is 9.70. The van der Waals surface area contributed by atoms with Gasteiger partial charge in [0, 0.05) is 12.8 Å². The van der Waals surface area contributed by atoms with Gasteiger partial charge in [0.15, 0.2) is 6.10 Å². The highest BCUT2D eigenvalue weighted by Gasteiger charge is 2.25. The van der Waals surface area contributed by atoms with E-state index in [9.17, 15) is 19.5 Å². The van der Waals surface area contributed by atoms with E-state index in [-0.39, 0.29) is 32.7 Å². The van der Waals surface area contributed by atoms with Crippen LogP contribution in [-0.4, -0.2) is 87.4 Å². The molecule has 0 aliphatic rings. The fraction of sp³-hybridized carbons (Fsp3) is 0.652. The molecule has 0 bridgehead atoms. The Labute approximate surface area is 459 Å². The molecule has 0 spiro atoms. The van der Waals surface area contributed by atoms with Gasteiger partial charge in [0.1, 0.15) is 13.2 Å². The van der Waals surface area contributed by atoms with Crippen LogP contribution >= 0.6 is 0 Å². The van der Waals surface area contributed by atoms with Crippen molar-refractivity contribution in [3.05, 3.63) is 122 Å². The number of aliphatic carboxylic acids is 1. The molecule has 0 rings (SSSR count). The maximum absolute atomic E-state index is 12.9. The number of rotatable bonds is 53. The van der Waals surface area contributed by atoms with E-state index in [1.165, 1.54) is 89.9 Å². The number of hydrogen-bond acceptors (Lipinski definition) is 7. The molecule has 0 aromatic rings. The molecular formula is C66H110NO8+. The van der Waals surface area contributed by atoms with Gasteiger partial charge in [-0.25, -0.2) is 4.79 Å². The van der Waals surface area contributed by atoms with Crippen LogP contribution in [0.3, 0.4) is 0 Å². The Morgan fingerprint density at radius 3 is 1.11 bits per heavy atom. The van der Waals surface area contributed by atoms with E-state index in [0.717, 1.165) is 89.9 Å². The molecule has 0 saturated heterocycles. The van der Waals surface area contributed by atoms with Gasteiger partial charge in [-0.1, -0.05) is 232 Å². The minimum atomic E-state index is -1.53. The third-order valence-corrected chi connectivity index (χ3v) is 12.2. The number of esters is 2. The van der Waals surface area contributed by atoms with Crippen LogP contribution in [0.15, 0.2) is 122 Å². The van der Waals surface area contributed by atoms with E-state index >= 15 is 0 Å². The number of hydrogen-bond donors (Lipinski definition) is 1. The second-order valence-electron chi connectivity index (χ2n) is 20.5. The molecule has 0 aromatic carbocycles. The normalized spacial score (nSPS) is 13.7. The Morgan fingerprint density at radius 2 is 0.733 bits per heavy atom. The lowest BCUT2D eigenvalue weighted by Crippen LogP contribution is -2.40. The Bertz CT molecular complexity index is 1640.